The van der Waals surface area contributed by atoms with Gasteiger partial charge in [0.05, 0.1) is 11.2 Å². The summed E-state index contributed by atoms with van der Waals surface area (Å²) in [6, 6.07) is 8.57. The molecule has 3 N–H and O–H groups in total. The van der Waals surface area contributed by atoms with Crippen molar-refractivity contribution in [2.75, 3.05) is 0 Å². The number of allylic oxidation sites excluding steroid dienone is 1. The number of nitrogens with two attached hydrogens (primary N) is 1. The van der Waals surface area contributed by atoms with Gasteiger partial charge in [-0.3, -0.25) is 4.68 Å². The van der Waals surface area contributed by atoms with E-state index >= 15 is 0 Å². The number of nitrogens with one attached hydrogen (secondary N) is 1. The SMILES string of the molecule is C=C(/N=C(\C=C/N)c1nn(C)c2ccccc12)N[C@H]1CC[C@H](C)CC1. The fraction of sp³-hybridized carbons (Fsp3) is 0.400. The van der Waals surface area contributed by atoms with Crippen LogP contribution in [0.5, 0.6) is 0 Å². The van der Waals surface area contributed by atoms with Crippen molar-refractivity contribution in [3.8, 4) is 0 Å². The van der Waals surface area contributed by atoms with Gasteiger partial charge in [0, 0.05) is 18.5 Å². The highest BCUT2D eigenvalue weighted by Crippen LogP contribution is 2.24. The Hall–Kier alpha value is -2.56. The van der Waals surface area contributed by atoms with Gasteiger partial charge in [-0.2, -0.15) is 5.10 Å². The third-order valence-corrected chi connectivity index (χ3v) is 4.90. The summed E-state index contributed by atoms with van der Waals surface area (Å²) in [6.45, 7) is 6.41. The van der Waals surface area contributed by atoms with Crippen molar-refractivity contribution in [2.24, 2.45) is 23.7 Å². The average molecular weight is 337 g/mol. The molecule has 5 nitrogen and oxygen atoms in total. The van der Waals surface area contributed by atoms with Crippen molar-refractivity contribution in [1.82, 2.24) is 15.1 Å². The van der Waals surface area contributed by atoms with Gasteiger partial charge in [0.15, 0.2) is 0 Å². The van der Waals surface area contributed by atoms with E-state index in [1.54, 1.807) is 6.08 Å². The molecule has 1 aliphatic rings. The van der Waals surface area contributed by atoms with Gasteiger partial charge in [-0.1, -0.05) is 31.7 Å². The van der Waals surface area contributed by atoms with Crippen LogP contribution in [-0.4, -0.2) is 21.5 Å². The predicted octanol–water partition coefficient (Wildman–Crippen LogP) is 3.47. The quantitative estimate of drug-likeness (QED) is 0.821. The Morgan fingerprint density at radius 2 is 2.04 bits per heavy atom. The molecule has 1 saturated carbocycles. The number of hydrogen-bond donors (Lipinski definition) is 2. The van der Waals surface area contributed by atoms with Crippen molar-refractivity contribution in [2.45, 2.75) is 38.6 Å². The number of aliphatic imine (C=N–C) groups is 1. The molecule has 0 saturated heterocycles. The molecule has 3 rings (SSSR count). The maximum Gasteiger partial charge on any atom is 0.119 e. The second kappa shape index (κ2) is 7.55. The maximum atomic E-state index is 5.65. The summed E-state index contributed by atoms with van der Waals surface area (Å²) in [5, 5.41) is 9.15. The summed E-state index contributed by atoms with van der Waals surface area (Å²) < 4.78 is 1.86. The van der Waals surface area contributed by atoms with Gasteiger partial charge < -0.3 is 11.1 Å². The molecule has 1 aromatic carbocycles. The Balaban J connectivity index is 1.84. The first-order valence-corrected chi connectivity index (χ1v) is 8.93. The molecule has 0 bridgehead atoms. The van der Waals surface area contributed by atoms with Gasteiger partial charge in [-0.25, -0.2) is 4.99 Å². The molecule has 2 aromatic rings. The van der Waals surface area contributed by atoms with Gasteiger partial charge >= 0.3 is 0 Å². The lowest BCUT2D eigenvalue weighted by atomic mass is 9.87. The molecule has 0 aliphatic heterocycles. The van der Waals surface area contributed by atoms with Crippen LogP contribution in [0.3, 0.4) is 0 Å². The second-order valence-corrected chi connectivity index (χ2v) is 6.89. The summed E-state index contributed by atoms with van der Waals surface area (Å²) in [5.74, 6) is 1.49. The Labute approximate surface area is 149 Å². The topological polar surface area (TPSA) is 68.2 Å². The van der Waals surface area contributed by atoms with E-state index in [0.29, 0.717) is 11.9 Å². The van der Waals surface area contributed by atoms with E-state index in [1.165, 1.54) is 31.9 Å². The standard InChI is InChI=1S/C20H27N5/c1-14-8-10-16(11-9-14)22-15(2)23-18(12-13-21)20-17-6-4-5-7-19(17)25(3)24-20/h4-7,12-14,16,22H,2,8-11,21H2,1,3H3/b13-12-,23-18+/t14-,16-. The lowest BCUT2D eigenvalue weighted by Gasteiger charge is -2.27. The molecule has 1 aliphatic carbocycles. The summed E-state index contributed by atoms with van der Waals surface area (Å²) in [7, 11) is 1.94. The van der Waals surface area contributed by atoms with Gasteiger partial charge in [0.1, 0.15) is 11.5 Å². The molecule has 0 radical (unpaired) electrons. The van der Waals surface area contributed by atoms with E-state index < -0.39 is 0 Å². The molecule has 5 heteroatoms. The minimum atomic E-state index is 0.455. The number of aryl methyl sites for hydroxylation is 1. The van der Waals surface area contributed by atoms with Crippen LogP contribution in [0.25, 0.3) is 10.9 Å². The normalized spacial score (nSPS) is 21.8. The van der Waals surface area contributed by atoms with Crippen molar-refractivity contribution in [3.05, 3.63) is 54.6 Å². The second-order valence-electron chi connectivity index (χ2n) is 6.89. The molecular weight excluding hydrogens is 310 g/mol. The van der Waals surface area contributed by atoms with E-state index in [-0.39, 0.29) is 0 Å². The number of benzene rings is 1. The lowest BCUT2D eigenvalue weighted by Crippen LogP contribution is -2.31. The first-order valence-electron chi connectivity index (χ1n) is 8.93. The monoisotopic (exact) mass is 337 g/mol. The summed E-state index contributed by atoms with van der Waals surface area (Å²) in [5.41, 5.74) is 8.25. The summed E-state index contributed by atoms with van der Waals surface area (Å²) >= 11 is 0. The molecule has 0 spiro atoms. The summed E-state index contributed by atoms with van der Waals surface area (Å²) in [4.78, 5) is 4.68. The zero-order valence-electron chi connectivity index (χ0n) is 15.1. The minimum Gasteiger partial charge on any atom is -0.405 e. The highest BCUT2D eigenvalue weighted by Gasteiger charge is 2.18. The zero-order valence-corrected chi connectivity index (χ0v) is 15.1. The van der Waals surface area contributed by atoms with Gasteiger partial charge in [-0.05, 0) is 49.9 Å². The number of fused-ring (bicyclic) bond motifs is 1. The van der Waals surface area contributed by atoms with Crippen LogP contribution in [0.1, 0.15) is 38.3 Å². The molecule has 0 atom stereocenters. The average Bonchev–Trinajstić information content (AvgIpc) is 2.94. The van der Waals surface area contributed by atoms with Crippen molar-refractivity contribution in [3.63, 3.8) is 0 Å². The molecule has 132 valence electrons. The van der Waals surface area contributed by atoms with Gasteiger partial charge in [0.2, 0.25) is 0 Å². The van der Waals surface area contributed by atoms with Gasteiger partial charge in [-0.15, -0.1) is 0 Å². The highest BCUT2D eigenvalue weighted by molar-refractivity contribution is 6.15. The maximum absolute atomic E-state index is 5.65. The Kier molecular flexibility index (Phi) is 5.22. The van der Waals surface area contributed by atoms with E-state index in [2.05, 4.69) is 35.0 Å². The van der Waals surface area contributed by atoms with Crippen LogP contribution in [0, 0.1) is 5.92 Å². The van der Waals surface area contributed by atoms with Crippen LogP contribution >= 0.6 is 0 Å². The molecule has 0 unspecified atom stereocenters. The van der Waals surface area contributed by atoms with Crippen LogP contribution < -0.4 is 11.1 Å². The largest absolute Gasteiger partial charge is 0.405 e. The van der Waals surface area contributed by atoms with Crippen LogP contribution in [0.4, 0.5) is 0 Å². The number of rotatable bonds is 5. The summed E-state index contributed by atoms with van der Waals surface area (Å²) in [6.07, 6.45) is 8.14. The Morgan fingerprint density at radius 3 is 2.76 bits per heavy atom. The van der Waals surface area contributed by atoms with E-state index in [9.17, 15) is 0 Å². The van der Waals surface area contributed by atoms with E-state index in [1.807, 2.05) is 29.9 Å². The molecule has 0 amide bonds. The predicted molar refractivity (Wildman–Crippen MR) is 104 cm³/mol. The molecule has 25 heavy (non-hydrogen) atoms. The fourth-order valence-electron chi connectivity index (χ4n) is 3.48. The van der Waals surface area contributed by atoms with Crippen molar-refractivity contribution in [1.29, 1.82) is 0 Å². The third-order valence-electron chi connectivity index (χ3n) is 4.90. The van der Waals surface area contributed by atoms with E-state index in [0.717, 1.165) is 28.2 Å². The lowest BCUT2D eigenvalue weighted by molar-refractivity contribution is 0.321. The van der Waals surface area contributed by atoms with Crippen LogP contribution in [0.15, 0.2) is 53.9 Å². The third kappa shape index (κ3) is 3.92. The number of para-hydroxylation sites is 1. The zero-order chi connectivity index (χ0) is 17.8. The number of aromatic nitrogens is 2. The first kappa shape index (κ1) is 17.3. The van der Waals surface area contributed by atoms with Crippen LogP contribution in [0.2, 0.25) is 0 Å². The van der Waals surface area contributed by atoms with Gasteiger partial charge in [0.25, 0.3) is 0 Å². The molecule has 1 aromatic heterocycles. The number of hydrogen-bond acceptors (Lipinski definition) is 4. The Morgan fingerprint density at radius 1 is 1.32 bits per heavy atom. The van der Waals surface area contributed by atoms with E-state index in [4.69, 9.17) is 5.73 Å². The van der Waals surface area contributed by atoms with Crippen LogP contribution in [-0.2, 0) is 7.05 Å². The van der Waals surface area contributed by atoms with Crippen molar-refractivity contribution < 1.29 is 0 Å². The highest BCUT2D eigenvalue weighted by atomic mass is 15.3. The minimum absolute atomic E-state index is 0.455. The van der Waals surface area contributed by atoms with Crippen molar-refractivity contribution >= 4 is 16.6 Å². The first-order chi connectivity index (χ1) is 12.1. The molecule has 1 fully saturated rings. The Bertz CT molecular complexity index is 807. The molecule has 1 heterocycles. The molecular formula is C20H27N5. The fourth-order valence-corrected chi connectivity index (χ4v) is 3.48. The smallest absolute Gasteiger partial charge is 0.119 e. The number of nitrogens with zero attached hydrogens (tertiary/aromatic N) is 3.